The molecule has 0 aliphatic rings. The van der Waals surface area contributed by atoms with Gasteiger partial charge in [0.25, 0.3) is 0 Å². The number of hydrogen-bond donors (Lipinski definition) is 1. The Morgan fingerprint density at radius 2 is 2.11 bits per heavy atom. The van der Waals surface area contributed by atoms with Crippen LogP contribution in [0.3, 0.4) is 0 Å². The monoisotopic (exact) mass is 258 g/mol. The molecular weight excluding hydrogens is 240 g/mol. The number of carboxylic acids is 1. The van der Waals surface area contributed by atoms with E-state index in [1.165, 1.54) is 5.56 Å². The summed E-state index contributed by atoms with van der Waals surface area (Å²) in [5, 5.41) is 13.3. The van der Waals surface area contributed by atoms with Crippen LogP contribution in [0.1, 0.15) is 40.7 Å². The van der Waals surface area contributed by atoms with Gasteiger partial charge >= 0.3 is 5.97 Å². The van der Waals surface area contributed by atoms with Crippen molar-refractivity contribution in [3.8, 4) is 5.69 Å². The summed E-state index contributed by atoms with van der Waals surface area (Å²) in [6.45, 7) is 6.14. The Balaban J connectivity index is 2.59. The van der Waals surface area contributed by atoms with Gasteiger partial charge in [-0.1, -0.05) is 25.5 Å². The van der Waals surface area contributed by atoms with Gasteiger partial charge in [-0.15, -0.1) is 0 Å². The second-order valence-corrected chi connectivity index (χ2v) is 4.71. The second kappa shape index (κ2) is 5.26. The standard InChI is InChI=1S/C15H18N2O2/c1-4-6-12-9-13(15(18)19)16-17(12)14-8-5-7-10(2)11(14)3/h5,7-9H,4,6H2,1-3H3,(H,18,19). The van der Waals surface area contributed by atoms with Gasteiger partial charge in [0.05, 0.1) is 5.69 Å². The molecular formula is C15H18N2O2. The molecule has 0 radical (unpaired) electrons. The van der Waals surface area contributed by atoms with E-state index in [2.05, 4.69) is 12.0 Å². The van der Waals surface area contributed by atoms with Gasteiger partial charge in [0.1, 0.15) is 0 Å². The average Bonchev–Trinajstić information content (AvgIpc) is 2.77. The third kappa shape index (κ3) is 2.52. The van der Waals surface area contributed by atoms with Crippen LogP contribution in [0.15, 0.2) is 24.3 Å². The maximum atomic E-state index is 11.1. The van der Waals surface area contributed by atoms with Gasteiger partial charge in [-0.2, -0.15) is 5.10 Å². The third-order valence-electron chi connectivity index (χ3n) is 3.31. The lowest BCUT2D eigenvalue weighted by Crippen LogP contribution is -2.06. The van der Waals surface area contributed by atoms with Gasteiger partial charge in [0.15, 0.2) is 5.69 Å². The maximum absolute atomic E-state index is 11.1. The molecule has 0 atom stereocenters. The zero-order valence-corrected chi connectivity index (χ0v) is 11.5. The van der Waals surface area contributed by atoms with Crippen LogP contribution in [-0.4, -0.2) is 20.9 Å². The highest BCUT2D eigenvalue weighted by Crippen LogP contribution is 2.20. The first-order chi connectivity index (χ1) is 9.04. The van der Waals surface area contributed by atoms with Crippen molar-refractivity contribution in [2.75, 3.05) is 0 Å². The molecule has 0 amide bonds. The van der Waals surface area contributed by atoms with Crippen molar-refractivity contribution >= 4 is 5.97 Å². The third-order valence-corrected chi connectivity index (χ3v) is 3.31. The van der Waals surface area contributed by atoms with Crippen LogP contribution in [0.5, 0.6) is 0 Å². The fourth-order valence-corrected chi connectivity index (χ4v) is 2.13. The molecule has 0 saturated carbocycles. The van der Waals surface area contributed by atoms with Crippen molar-refractivity contribution in [3.63, 3.8) is 0 Å². The summed E-state index contributed by atoms with van der Waals surface area (Å²) >= 11 is 0. The minimum absolute atomic E-state index is 0.101. The Labute approximate surface area is 112 Å². The molecule has 0 aliphatic carbocycles. The van der Waals surface area contributed by atoms with Gasteiger partial charge in [-0.25, -0.2) is 9.48 Å². The Bertz CT molecular complexity index is 615. The van der Waals surface area contributed by atoms with E-state index >= 15 is 0 Å². The van der Waals surface area contributed by atoms with Crippen molar-refractivity contribution in [3.05, 3.63) is 46.8 Å². The quantitative estimate of drug-likeness (QED) is 0.916. The molecule has 2 aromatic rings. The summed E-state index contributed by atoms with van der Waals surface area (Å²) in [7, 11) is 0. The summed E-state index contributed by atoms with van der Waals surface area (Å²) < 4.78 is 1.76. The number of carbonyl (C=O) groups is 1. The second-order valence-electron chi connectivity index (χ2n) is 4.71. The summed E-state index contributed by atoms with van der Waals surface area (Å²) in [6.07, 6.45) is 1.77. The zero-order valence-electron chi connectivity index (χ0n) is 11.5. The Morgan fingerprint density at radius 3 is 2.74 bits per heavy atom. The molecule has 1 aromatic carbocycles. The largest absolute Gasteiger partial charge is 0.476 e. The summed E-state index contributed by atoms with van der Waals surface area (Å²) in [5.41, 5.74) is 4.29. The van der Waals surface area contributed by atoms with Crippen LogP contribution >= 0.6 is 0 Å². The molecule has 4 heteroatoms. The Hall–Kier alpha value is -2.10. The van der Waals surface area contributed by atoms with E-state index in [-0.39, 0.29) is 5.69 Å². The summed E-state index contributed by atoms with van der Waals surface area (Å²) in [5.74, 6) is -0.985. The topological polar surface area (TPSA) is 55.1 Å². The fraction of sp³-hybridized carbons (Fsp3) is 0.333. The minimum atomic E-state index is -0.985. The van der Waals surface area contributed by atoms with Crippen molar-refractivity contribution in [1.82, 2.24) is 9.78 Å². The fourth-order valence-electron chi connectivity index (χ4n) is 2.13. The van der Waals surface area contributed by atoms with Gasteiger partial charge in [0, 0.05) is 5.69 Å². The molecule has 0 saturated heterocycles. The summed E-state index contributed by atoms with van der Waals surface area (Å²) in [4.78, 5) is 11.1. The zero-order chi connectivity index (χ0) is 14.0. The highest BCUT2D eigenvalue weighted by molar-refractivity contribution is 5.85. The lowest BCUT2D eigenvalue weighted by Gasteiger charge is -2.11. The highest BCUT2D eigenvalue weighted by atomic mass is 16.4. The van der Waals surface area contributed by atoms with Crippen LogP contribution in [0.2, 0.25) is 0 Å². The molecule has 1 heterocycles. The highest BCUT2D eigenvalue weighted by Gasteiger charge is 2.15. The van der Waals surface area contributed by atoms with E-state index in [0.29, 0.717) is 0 Å². The van der Waals surface area contributed by atoms with Crippen molar-refractivity contribution in [2.45, 2.75) is 33.6 Å². The van der Waals surface area contributed by atoms with Crippen LogP contribution in [0.4, 0.5) is 0 Å². The van der Waals surface area contributed by atoms with Gasteiger partial charge in [0.2, 0.25) is 0 Å². The molecule has 2 rings (SSSR count). The Morgan fingerprint density at radius 1 is 1.37 bits per heavy atom. The Kier molecular flexibility index (Phi) is 3.69. The summed E-state index contributed by atoms with van der Waals surface area (Å²) in [6, 6.07) is 7.64. The predicted molar refractivity (Wildman–Crippen MR) is 74.0 cm³/mol. The first-order valence-electron chi connectivity index (χ1n) is 6.43. The molecule has 0 aliphatic heterocycles. The van der Waals surface area contributed by atoms with Crippen molar-refractivity contribution in [2.24, 2.45) is 0 Å². The lowest BCUT2D eigenvalue weighted by atomic mass is 10.1. The van der Waals surface area contributed by atoms with Crippen LogP contribution in [0.25, 0.3) is 5.69 Å². The molecule has 0 unspecified atom stereocenters. The molecule has 0 bridgehead atoms. The molecule has 100 valence electrons. The van der Waals surface area contributed by atoms with Gasteiger partial charge < -0.3 is 5.11 Å². The van der Waals surface area contributed by atoms with E-state index < -0.39 is 5.97 Å². The van der Waals surface area contributed by atoms with E-state index in [1.54, 1.807) is 10.7 Å². The number of carboxylic acid groups (broad SMARTS) is 1. The SMILES string of the molecule is CCCc1cc(C(=O)O)nn1-c1cccc(C)c1C. The maximum Gasteiger partial charge on any atom is 0.356 e. The molecule has 1 aromatic heterocycles. The number of nitrogens with zero attached hydrogens (tertiary/aromatic N) is 2. The van der Waals surface area contributed by atoms with Gasteiger partial charge in [-0.05, 0) is 43.5 Å². The number of hydrogen-bond acceptors (Lipinski definition) is 2. The number of aryl methyl sites for hydroxylation is 2. The first-order valence-corrected chi connectivity index (χ1v) is 6.43. The smallest absolute Gasteiger partial charge is 0.356 e. The number of aromatic carboxylic acids is 1. The molecule has 1 N–H and O–H groups in total. The molecule has 0 spiro atoms. The van der Waals surface area contributed by atoms with E-state index in [4.69, 9.17) is 5.11 Å². The number of aromatic nitrogens is 2. The average molecular weight is 258 g/mol. The van der Waals surface area contributed by atoms with Gasteiger partial charge in [-0.3, -0.25) is 0 Å². The molecule has 4 nitrogen and oxygen atoms in total. The predicted octanol–water partition coefficient (Wildman–Crippen LogP) is 3.14. The van der Waals surface area contributed by atoms with Crippen molar-refractivity contribution < 1.29 is 9.90 Å². The first kappa shape index (κ1) is 13.3. The number of rotatable bonds is 4. The molecule has 19 heavy (non-hydrogen) atoms. The number of benzene rings is 1. The van der Waals surface area contributed by atoms with E-state index in [9.17, 15) is 4.79 Å². The van der Waals surface area contributed by atoms with E-state index in [1.807, 2.05) is 32.0 Å². The van der Waals surface area contributed by atoms with E-state index in [0.717, 1.165) is 29.8 Å². The van der Waals surface area contributed by atoms with Crippen LogP contribution in [0, 0.1) is 13.8 Å². The molecule has 0 fully saturated rings. The minimum Gasteiger partial charge on any atom is -0.476 e. The van der Waals surface area contributed by atoms with Crippen molar-refractivity contribution in [1.29, 1.82) is 0 Å². The van der Waals surface area contributed by atoms with Crippen LogP contribution < -0.4 is 0 Å². The normalized spacial score (nSPS) is 10.7. The lowest BCUT2D eigenvalue weighted by molar-refractivity contribution is 0.0690. The van der Waals surface area contributed by atoms with Crippen LogP contribution in [-0.2, 0) is 6.42 Å².